The van der Waals surface area contributed by atoms with Crippen molar-refractivity contribution >= 4 is 27.7 Å². The molecule has 2 rings (SSSR count). The molecule has 0 saturated carbocycles. The standard InChI is InChI=1S/C14H13BrS/c1-10-3-8-13(14(9-10)16-2)11-4-6-12(15)7-5-11/h3-9H,1-2H3. The smallest absolute Gasteiger partial charge is 0.0175 e. The molecule has 0 atom stereocenters. The second-order valence-corrected chi connectivity index (χ2v) is 5.47. The fourth-order valence-electron chi connectivity index (χ4n) is 1.67. The highest BCUT2D eigenvalue weighted by Gasteiger charge is 2.04. The van der Waals surface area contributed by atoms with Crippen molar-refractivity contribution in [3.05, 3.63) is 52.5 Å². The third-order valence-electron chi connectivity index (χ3n) is 2.51. The first-order chi connectivity index (χ1) is 7.70. The van der Waals surface area contributed by atoms with Crippen LogP contribution in [0.2, 0.25) is 0 Å². The van der Waals surface area contributed by atoms with Crippen LogP contribution in [0.5, 0.6) is 0 Å². The lowest BCUT2D eigenvalue weighted by molar-refractivity contribution is 1.36. The Bertz CT molecular complexity index is 489. The van der Waals surface area contributed by atoms with E-state index in [1.807, 2.05) is 0 Å². The molecule has 0 fully saturated rings. The van der Waals surface area contributed by atoms with Crippen LogP contribution >= 0.6 is 27.7 Å². The predicted octanol–water partition coefficient (Wildman–Crippen LogP) is 5.15. The van der Waals surface area contributed by atoms with Crippen molar-refractivity contribution in [3.63, 3.8) is 0 Å². The Balaban J connectivity index is 2.51. The average molecular weight is 293 g/mol. The van der Waals surface area contributed by atoms with Gasteiger partial charge in [0.2, 0.25) is 0 Å². The number of aryl methyl sites for hydroxylation is 1. The lowest BCUT2D eigenvalue weighted by atomic mass is 10.0. The van der Waals surface area contributed by atoms with Gasteiger partial charge >= 0.3 is 0 Å². The van der Waals surface area contributed by atoms with Crippen LogP contribution < -0.4 is 0 Å². The van der Waals surface area contributed by atoms with Crippen LogP contribution in [0.15, 0.2) is 51.8 Å². The fraction of sp³-hybridized carbons (Fsp3) is 0.143. The van der Waals surface area contributed by atoms with E-state index in [1.165, 1.54) is 21.6 Å². The van der Waals surface area contributed by atoms with Gasteiger partial charge in [0.15, 0.2) is 0 Å². The van der Waals surface area contributed by atoms with Crippen LogP contribution in [0.25, 0.3) is 11.1 Å². The number of thioether (sulfide) groups is 1. The minimum Gasteiger partial charge on any atom is -0.129 e. The summed E-state index contributed by atoms with van der Waals surface area (Å²) in [6.07, 6.45) is 2.12. The van der Waals surface area contributed by atoms with Gasteiger partial charge < -0.3 is 0 Å². The molecule has 2 heteroatoms. The van der Waals surface area contributed by atoms with Crippen molar-refractivity contribution in [2.24, 2.45) is 0 Å². The summed E-state index contributed by atoms with van der Waals surface area (Å²) in [6.45, 7) is 2.13. The highest BCUT2D eigenvalue weighted by atomic mass is 79.9. The maximum Gasteiger partial charge on any atom is 0.0175 e. The molecule has 0 heterocycles. The normalized spacial score (nSPS) is 10.4. The van der Waals surface area contributed by atoms with E-state index in [4.69, 9.17) is 0 Å². The molecule has 2 aromatic carbocycles. The van der Waals surface area contributed by atoms with Crippen molar-refractivity contribution in [3.8, 4) is 11.1 Å². The van der Waals surface area contributed by atoms with Crippen molar-refractivity contribution in [2.75, 3.05) is 6.26 Å². The molecule has 0 amide bonds. The first kappa shape index (κ1) is 11.7. The summed E-state index contributed by atoms with van der Waals surface area (Å²) in [5.74, 6) is 0. The third-order valence-corrected chi connectivity index (χ3v) is 3.82. The molecule has 0 bridgehead atoms. The Kier molecular flexibility index (Phi) is 3.72. The zero-order chi connectivity index (χ0) is 11.5. The lowest BCUT2D eigenvalue weighted by Crippen LogP contribution is -1.83. The summed E-state index contributed by atoms with van der Waals surface area (Å²) in [4.78, 5) is 1.34. The minimum absolute atomic E-state index is 1.12. The van der Waals surface area contributed by atoms with E-state index < -0.39 is 0 Å². The second kappa shape index (κ2) is 5.07. The fourth-order valence-corrected chi connectivity index (χ4v) is 2.64. The van der Waals surface area contributed by atoms with E-state index in [2.05, 4.69) is 71.6 Å². The van der Waals surface area contributed by atoms with Crippen LogP contribution in [0.3, 0.4) is 0 Å². The van der Waals surface area contributed by atoms with Crippen LogP contribution in [0.1, 0.15) is 5.56 Å². The molecule has 0 radical (unpaired) electrons. The molecule has 0 saturated heterocycles. The Morgan fingerprint density at radius 3 is 2.31 bits per heavy atom. The van der Waals surface area contributed by atoms with Gasteiger partial charge in [-0.2, -0.15) is 0 Å². The maximum absolute atomic E-state index is 3.46. The van der Waals surface area contributed by atoms with E-state index in [0.29, 0.717) is 0 Å². The quantitative estimate of drug-likeness (QED) is 0.690. The zero-order valence-electron chi connectivity index (χ0n) is 9.33. The number of hydrogen-bond acceptors (Lipinski definition) is 1. The largest absolute Gasteiger partial charge is 0.129 e. The molecule has 82 valence electrons. The van der Waals surface area contributed by atoms with Gasteiger partial charge in [-0.1, -0.05) is 40.2 Å². The molecule has 0 nitrogen and oxygen atoms in total. The van der Waals surface area contributed by atoms with E-state index in [-0.39, 0.29) is 0 Å². The Labute approximate surface area is 109 Å². The highest BCUT2D eigenvalue weighted by molar-refractivity contribution is 9.10. The zero-order valence-corrected chi connectivity index (χ0v) is 11.7. The second-order valence-electron chi connectivity index (χ2n) is 3.71. The minimum atomic E-state index is 1.12. The average Bonchev–Trinajstić information content (AvgIpc) is 2.30. The van der Waals surface area contributed by atoms with Crippen molar-refractivity contribution < 1.29 is 0 Å². The first-order valence-corrected chi connectivity index (χ1v) is 7.13. The van der Waals surface area contributed by atoms with Crippen LogP contribution in [-0.2, 0) is 0 Å². The predicted molar refractivity (Wildman–Crippen MR) is 76.1 cm³/mol. The Morgan fingerprint density at radius 2 is 1.69 bits per heavy atom. The van der Waals surface area contributed by atoms with Crippen LogP contribution in [-0.4, -0.2) is 6.26 Å². The summed E-state index contributed by atoms with van der Waals surface area (Å²) in [5.41, 5.74) is 3.89. The molecular weight excluding hydrogens is 280 g/mol. The Hall–Kier alpha value is -0.730. The molecule has 0 aliphatic heterocycles. The number of hydrogen-bond donors (Lipinski definition) is 0. The SMILES string of the molecule is CSc1cc(C)ccc1-c1ccc(Br)cc1. The Morgan fingerprint density at radius 1 is 1.00 bits per heavy atom. The van der Waals surface area contributed by atoms with Gasteiger partial charge in [0.1, 0.15) is 0 Å². The van der Waals surface area contributed by atoms with E-state index in [9.17, 15) is 0 Å². The van der Waals surface area contributed by atoms with Gasteiger partial charge in [-0.05, 0) is 48.1 Å². The number of benzene rings is 2. The summed E-state index contributed by atoms with van der Waals surface area (Å²) >= 11 is 5.26. The molecule has 0 aliphatic rings. The molecule has 2 aromatic rings. The van der Waals surface area contributed by atoms with E-state index in [0.717, 1.165) is 4.47 Å². The first-order valence-electron chi connectivity index (χ1n) is 5.11. The van der Waals surface area contributed by atoms with Gasteiger partial charge in [-0.15, -0.1) is 11.8 Å². The monoisotopic (exact) mass is 292 g/mol. The highest BCUT2D eigenvalue weighted by Crippen LogP contribution is 2.31. The van der Waals surface area contributed by atoms with Gasteiger partial charge in [0.05, 0.1) is 0 Å². The topological polar surface area (TPSA) is 0 Å². The van der Waals surface area contributed by atoms with Crippen molar-refractivity contribution in [1.29, 1.82) is 0 Å². The van der Waals surface area contributed by atoms with Gasteiger partial charge in [-0.3, -0.25) is 0 Å². The number of halogens is 1. The van der Waals surface area contributed by atoms with Crippen LogP contribution in [0, 0.1) is 6.92 Å². The molecule has 16 heavy (non-hydrogen) atoms. The maximum atomic E-state index is 3.46. The third kappa shape index (κ3) is 2.50. The van der Waals surface area contributed by atoms with Gasteiger partial charge in [0, 0.05) is 9.37 Å². The molecule has 0 N–H and O–H groups in total. The van der Waals surface area contributed by atoms with Gasteiger partial charge in [0.25, 0.3) is 0 Å². The summed E-state index contributed by atoms with van der Waals surface area (Å²) < 4.78 is 1.12. The number of rotatable bonds is 2. The summed E-state index contributed by atoms with van der Waals surface area (Å²) in [5, 5.41) is 0. The molecule has 0 unspecified atom stereocenters. The van der Waals surface area contributed by atoms with Crippen LogP contribution in [0.4, 0.5) is 0 Å². The van der Waals surface area contributed by atoms with E-state index in [1.54, 1.807) is 11.8 Å². The van der Waals surface area contributed by atoms with E-state index >= 15 is 0 Å². The molecule has 0 spiro atoms. The molecule has 0 aromatic heterocycles. The summed E-state index contributed by atoms with van der Waals surface area (Å²) in [7, 11) is 0. The lowest BCUT2D eigenvalue weighted by Gasteiger charge is -2.08. The molecular formula is C14H13BrS. The molecule has 0 aliphatic carbocycles. The van der Waals surface area contributed by atoms with Gasteiger partial charge in [-0.25, -0.2) is 0 Å². The van der Waals surface area contributed by atoms with Crippen molar-refractivity contribution in [2.45, 2.75) is 11.8 Å². The summed E-state index contributed by atoms with van der Waals surface area (Å²) in [6, 6.07) is 15.1. The van der Waals surface area contributed by atoms with Crippen molar-refractivity contribution in [1.82, 2.24) is 0 Å².